The van der Waals surface area contributed by atoms with Gasteiger partial charge in [-0.3, -0.25) is 14.2 Å². The first kappa shape index (κ1) is 26.6. The second-order valence-electron chi connectivity index (χ2n) is 9.39. The monoisotopic (exact) mass is 581 g/mol. The smallest absolute Gasteiger partial charge is 0.271 e. The summed E-state index contributed by atoms with van der Waals surface area (Å²) in [5.41, 5.74) is 2.90. The predicted octanol–water partition coefficient (Wildman–Crippen LogP) is 5.80. The van der Waals surface area contributed by atoms with Crippen molar-refractivity contribution in [3.8, 4) is 17.1 Å². The minimum Gasteiger partial charge on any atom is -0.497 e. The number of methoxy groups -OCH3 is 1. The van der Waals surface area contributed by atoms with Crippen LogP contribution >= 0.6 is 22.9 Å². The fourth-order valence-corrected chi connectivity index (χ4v) is 6.01. The summed E-state index contributed by atoms with van der Waals surface area (Å²) in [6.07, 6.45) is 1.70. The molecule has 9 heteroatoms. The Labute approximate surface area is 244 Å². The van der Waals surface area contributed by atoms with Gasteiger partial charge in [-0.1, -0.05) is 65.4 Å². The number of amides is 1. The molecule has 41 heavy (non-hydrogen) atoms. The number of fused-ring (bicyclic) bond motifs is 1. The van der Waals surface area contributed by atoms with E-state index in [1.807, 2.05) is 78.9 Å². The molecule has 1 N–H and O–H groups in total. The summed E-state index contributed by atoms with van der Waals surface area (Å²) in [5.74, 6) is 1.50. The van der Waals surface area contributed by atoms with Crippen molar-refractivity contribution in [3.63, 3.8) is 0 Å². The number of aromatic nitrogens is 1. The summed E-state index contributed by atoms with van der Waals surface area (Å²) in [6.45, 7) is 1.79. The second kappa shape index (κ2) is 11.1. The summed E-state index contributed by atoms with van der Waals surface area (Å²) in [5, 5.41) is 3.56. The lowest BCUT2D eigenvalue weighted by Crippen LogP contribution is -2.40. The number of thiazole rings is 1. The highest BCUT2D eigenvalue weighted by molar-refractivity contribution is 7.07. The van der Waals surface area contributed by atoms with Gasteiger partial charge < -0.3 is 14.5 Å². The van der Waals surface area contributed by atoms with Crippen LogP contribution < -0.4 is 24.9 Å². The lowest BCUT2D eigenvalue weighted by atomic mass is 9.95. The van der Waals surface area contributed by atoms with Crippen LogP contribution in [0.4, 0.5) is 5.69 Å². The summed E-state index contributed by atoms with van der Waals surface area (Å²) in [7, 11) is 1.59. The van der Waals surface area contributed by atoms with Gasteiger partial charge in [0.05, 0.1) is 29.0 Å². The van der Waals surface area contributed by atoms with E-state index in [9.17, 15) is 9.59 Å². The molecule has 0 radical (unpaired) electrons. The van der Waals surface area contributed by atoms with Gasteiger partial charge in [0.25, 0.3) is 11.5 Å². The third-order valence-electron chi connectivity index (χ3n) is 6.74. The zero-order chi connectivity index (χ0) is 28.5. The molecule has 2 aromatic heterocycles. The van der Waals surface area contributed by atoms with Gasteiger partial charge in [-0.2, -0.15) is 0 Å². The van der Waals surface area contributed by atoms with Crippen molar-refractivity contribution in [2.24, 2.45) is 4.99 Å². The number of halogens is 1. The van der Waals surface area contributed by atoms with Crippen molar-refractivity contribution in [2.75, 3.05) is 12.4 Å². The normalized spacial score (nSPS) is 14.9. The van der Waals surface area contributed by atoms with E-state index in [-0.39, 0.29) is 11.5 Å². The van der Waals surface area contributed by atoms with Gasteiger partial charge in [0.2, 0.25) is 0 Å². The third kappa shape index (κ3) is 5.27. The van der Waals surface area contributed by atoms with Crippen molar-refractivity contribution in [1.29, 1.82) is 0 Å². The van der Waals surface area contributed by atoms with E-state index in [4.69, 9.17) is 25.7 Å². The molecule has 204 valence electrons. The highest BCUT2D eigenvalue weighted by atomic mass is 35.5. The maximum absolute atomic E-state index is 13.9. The number of allylic oxidation sites excluding steroid dienone is 1. The molecule has 6 rings (SSSR count). The maximum atomic E-state index is 13.9. The Morgan fingerprint density at radius 3 is 2.56 bits per heavy atom. The van der Waals surface area contributed by atoms with Crippen LogP contribution in [0.1, 0.15) is 24.3 Å². The number of hydrogen-bond donors (Lipinski definition) is 1. The van der Waals surface area contributed by atoms with E-state index in [2.05, 4.69) is 5.32 Å². The topological polar surface area (TPSA) is 85.8 Å². The van der Waals surface area contributed by atoms with Gasteiger partial charge in [-0.15, -0.1) is 0 Å². The summed E-state index contributed by atoms with van der Waals surface area (Å²) in [6, 6.07) is 26.9. The molecule has 3 heterocycles. The number of anilines is 1. The zero-order valence-corrected chi connectivity index (χ0v) is 23.7. The molecule has 0 aliphatic carbocycles. The molecule has 0 saturated heterocycles. The molecule has 3 aromatic carbocycles. The molecule has 0 bridgehead atoms. The van der Waals surface area contributed by atoms with Crippen LogP contribution in [0.15, 0.2) is 116 Å². The fraction of sp³-hybridized carbons (Fsp3) is 0.0938. The van der Waals surface area contributed by atoms with Gasteiger partial charge >= 0.3 is 0 Å². The first-order chi connectivity index (χ1) is 19.9. The first-order valence-electron chi connectivity index (χ1n) is 12.8. The number of benzene rings is 3. The third-order valence-corrected chi connectivity index (χ3v) is 7.96. The van der Waals surface area contributed by atoms with Crippen molar-refractivity contribution in [3.05, 3.63) is 138 Å². The fourth-order valence-electron chi connectivity index (χ4n) is 4.79. The Bertz CT molecular complexity index is 1970. The van der Waals surface area contributed by atoms with E-state index in [1.54, 1.807) is 36.8 Å². The van der Waals surface area contributed by atoms with E-state index >= 15 is 0 Å². The van der Waals surface area contributed by atoms with Gasteiger partial charge in [-0.25, -0.2) is 4.99 Å². The number of nitrogens with one attached hydrogen (secondary N) is 1. The van der Waals surface area contributed by atoms with Crippen LogP contribution in [0.5, 0.6) is 5.75 Å². The summed E-state index contributed by atoms with van der Waals surface area (Å²) < 4.78 is 13.4. The standard InChI is InChI=1S/C32H24ClN3O4S/c1-19-28(30(37)35-23-9-4-3-5-10-23)29(20-11-13-24(39-2)14-12-20)36-31(38)27(41-32(36)34-19)18-25-15-16-26(40-25)21-7-6-8-22(33)17-21/h3-18,29H,1-2H3,(H,35,37)/b27-18+/t29-/m1/s1. The largest absolute Gasteiger partial charge is 0.497 e. The van der Waals surface area contributed by atoms with E-state index < -0.39 is 6.04 Å². The van der Waals surface area contributed by atoms with Crippen LogP contribution in [0.3, 0.4) is 0 Å². The number of nitrogens with zero attached hydrogens (tertiary/aromatic N) is 2. The van der Waals surface area contributed by atoms with Gasteiger partial charge in [0.15, 0.2) is 4.80 Å². The minimum atomic E-state index is -0.693. The average Bonchev–Trinajstić information content (AvgIpc) is 3.57. The van der Waals surface area contributed by atoms with Crippen LogP contribution in [-0.4, -0.2) is 17.6 Å². The van der Waals surface area contributed by atoms with Gasteiger partial charge in [0.1, 0.15) is 17.3 Å². The van der Waals surface area contributed by atoms with E-state index in [0.29, 0.717) is 48.6 Å². The van der Waals surface area contributed by atoms with Crippen LogP contribution in [0.25, 0.3) is 17.4 Å². The Kier molecular flexibility index (Phi) is 7.17. The lowest BCUT2D eigenvalue weighted by molar-refractivity contribution is -0.113. The predicted molar refractivity (Wildman–Crippen MR) is 161 cm³/mol. The van der Waals surface area contributed by atoms with Crippen LogP contribution in [0.2, 0.25) is 5.02 Å². The second-order valence-corrected chi connectivity index (χ2v) is 10.8. The van der Waals surface area contributed by atoms with Crippen molar-refractivity contribution < 1.29 is 13.9 Å². The Hall–Kier alpha value is -4.66. The quantitative estimate of drug-likeness (QED) is 0.275. The van der Waals surface area contributed by atoms with E-state index in [1.165, 1.54) is 11.3 Å². The molecule has 0 spiro atoms. The number of ether oxygens (including phenoxy) is 1. The SMILES string of the molecule is COc1ccc([C@@H]2C(C(=O)Nc3ccccc3)=C(C)N=c3s/c(=C/c4ccc(-c5cccc(Cl)c5)o4)c(=O)n32)cc1. The molecule has 1 atom stereocenters. The molecule has 1 aliphatic heterocycles. The summed E-state index contributed by atoms with van der Waals surface area (Å²) >= 11 is 7.39. The number of carbonyl (C=O) groups is 1. The van der Waals surface area contributed by atoms with Gasteiger partial charge in [0, 0.05) is 22.3 Å². The Morgan fingerprint density at radius 2 is 1.83 bits per heavy atom. The average molecular weight is 582 g/mol. The van der Waals surface area contributed by atoms with Crippen LogP contribution in [-0.2, 0) is 4.79 Å². The number of furan rings is 1. The number of carbonyl (C=O) groups excluding carboxylic acids is 1. The van der Waals surface area contributed by atoms with Crippen molar-refractivity contribution in [1.82, 2.24) is 4.57 Å². The Balaban J connectivity index is 1.45. The zero-order valence-electron chi connectivity index (χ0n) is 22.1. The highest BCUT2D eigenvalue weighted by Crippen LogP contribution is 2.32. The summed E-state index contributed by atoms with van der Waals surface area (Å²) in [4.78, 5) is 32.8. The first-order valence-corrected chi connectivity index (χ1v) is 14.0. The number of para-hydroxylation sites is 1. The van der Waals surface area contributed by atoms with E-state index in [0.717, 1.165) is 11.1 Å². The molecule has 5 aromatic rings. The molecule has 0 saturated carbocycles. The molecule has 1 aliphatic rings. The van der Waals surface area contributed by atoms with Crippen molar-refractivity contribution in [2.45, 2.75) is 13.0 Å². The molecule has 0 fully saturated rings. The lowest BCUT2D eigenvalue weighted by Gasteiger charge is -2.25. The number of rotatable bonds is 6. The Morgan fingerprint density at radius 1 is 1.05 bits per heavy atom. The minimum absolute atomic E-state index is 0.271. The molecule has 1 amide bonds. The molecule has 0 unspecified atom stereocenters. The molecular formula is C32H24ClN3O4S. The molecular weight excluding hydrogens is 558 g/mol. The highest BCUT2D eigenvalue weighted by Gasteiger charge is 2.32. The molecule has 7 nitrogen and oxygen atoms in total. The number of hydrogen-bond acceptors (Lipinski definition) is 6. The maximum Gasteiger partial charge on any atom is 0.271 e. The van der Waals surface area contributed by atoms with Crippen LogP contribution in [0, 0.1) is 0 Å². The van der Waals surface area contributed by atoms with Crippen molar-refractivity contribution >= 4 is 40.6 Å². The van der Waals surface area contributed by atoms with Gasteiger partial charge in [-0.05, 0) is 61.0 Å².